The van der Waals surface area contributed by atoms with Gasteiger partial charge < -0.3 is 4.42 Å². The second-order valence-corrected chi connectivity index (χ2v) is 4.44. The number of hydrogen-bond acceptors (Lipinski definition) is 3. The van der Waals surface area contributed by atoms with Gasteiger partial charge in [-0.1, -0.05) is 13.3 Å². The summed E-state index contributed by atoms with van der Waals surface area (Å²) in [4.78, 5) is 6.92. The Morgan fingerprint density at radius 2 is 2.29 bits per heavy atom. The largest absolute Gasteiger partial charge is 0.449 e. The second kappa shape index (κ2) is 3.96. The Kier molecular flexibility index (Phi) is 2.68. The summed E-state index contributed by atoms with van der Waals surface area (Å²) >= 11 is 1.80. The predicted molar refractivity (Wildman–Crippen MR) is 58.5 cm³/mol. The number of aromatic nitrogens is 1. The van der Waals surface area contributed by atoms with Gasteiger partial charge in [-0.2, -0.15) is 0 Å². The Morgan fingerprint density at radius 3 is 2.93 bits per heavy atom. The van der Waals surface area contributed by atoms with Crippen molar-refractivity contribution in [1.82, 2.24) is 4.98 Å². The zero-order valence-corrected chi connectivity index (χ0v) is 9.23. The van der Waals surface area contributed by atoms with Crippen LogP contribution in [0.2, 0.25) is 0 Å². The quantitative estimate of drug-likeness (QED) is 0.767. The number of aryl methyl sites for hydroxylation is 2. The first kappa shape index (κ1) is 9.46. The summed E-state index contributed by atoms with van der Waals surface area (Å²) in [7, 11) is 0. The maximum absolute atomic E-state index is 5.18. The topological polar surface area (TPSA) is 26.0 Å². The van der Waals surface area contributed by atoms with Crippen LogP contribution in [0.15, 0.2) is 22.8 Å². The molecule has 3 heteroatoms. The number of oxazole rings is 1. The van der Waals surface area contributed by atoms with E-state index in [2.05, 4.69) is 24.0 Å². The van der Waals surface area contributed by atoms with Crippen LogP contribution in [0.5, 0.6) is 0 Å². The van der Waals surface area contributed by atoms with Crippen LogP contribution in [0.25, 0.3) is 10.6 Å². The molecule has 74 valence electrons. The van der Waals surface area contributed by atoms with E-state index < -0.39 is 0 Å². The number of nitrogens with zero attached hydrogens (tertiary/aromatic N) is 1. The summed E-state index contributed by atoms with van der Waals surface area (Å²) in [5, 5.41) is 0. The van der Waals surface area contributed by atoms with E-state index in [1.807, 2.05) is 6.92 Å². The van der Waals surface area contributed by atoms with E-state index in [4.69, 9.17) is 4.42 Å². The Morgan fingerprint density at radius 1 is 1.43 bits per heavy atom. The van der Waals surface area contributed by atoms with E-state index >= 15 is 0 Å². The number of hydrogen-bond donors (Lipinski definition) is 0. The van der Waals surface area contributed by atoms with Crippen molar-refractivity contribution in [2.45, 2.75) is 26.7 Å². The van der Waals surface area contributed by atoms with Gasteiger partial charge in [0.1, 0.15) is 12.0 Å². The highest BCUT2D eigenvalue weighted by molar-refractivity contribution is 7.15. The molecular weight excluding hydrogens is 194 g/mol. The molecular formula is C11H13NOS. The molecule has 0 bridgehead atoms. The SMILES string of the molecule is CCCc1ccc(-c2coc(C)n2)s1. The van der Waals surface area contributed by atoms with Crippen molar-refractivity contribution in [1.29, 1.82) is 0 Å². The van der Waals surface area contributed by atoms with Crippen LogP contribution < -0.4 is 0 Å². The zero-order chi connectivity index (χ0) is 9.97. The fourth-order valence-corrected chi connectivity index (χ4v) is 2.43. The van der Waals surface area contributed by atoms with Gasteiger partial charge in [0.05, 0.1) is 4.88 Å². The summed E-state index contributed by atoms with van der Waals surface area (Å²) < 4.78 is 5.18. The van der Waals surface area contributed by atoms with Crippen molar-refractivity contribution in [2.75, 3.05) is 0 Å². The van der Waals surface area contributed by atoms with Crippen molar-refractivity contribution < 1.29 is 4.42 Å². The molecule has 0 aliphatic carbocycles. The van der Waals surface area contributed by atoms with Crippen molar-refractivity contribution in [3.63, 3.8) is 0 Å². The molecule has 0 aliphatic rings. The molecule has 2 aromatic rings. The predicted octanol–water partition coefficient (Wildman–Crippen LogP) is 3.66. The maximum atomic E-state index is 5.18. The molecule has 2 heterocycles. The Balaban J connectivity index is 2.24. The molecule has 2 nitrogen and oxygen atoms in total. The lowest BCUT2D eigenvalue weighted by molar-refractivity contribution is 0.521. The normalized spacial score (nSPS) is 10.7. The van der Waals surface area contributed by atoms with Crippen LogP contribution in [0.1, 0.15) is 24.1 Å². The smallest absolute Gasteiger partial charge is 0.191 e. The van der Waals surface area contributed by atoms with Crippen LogP contribution in [0, 0.1) is 6.92 Å². The summed E-state index contributed by atoms with van der Waals surface area (Å²) in [6, 6.07) is 4.29. The maximum Gasteiger partial charge on any atom is 0.191 e. The zero-order valence-electron chi connectivity index (χ0n) is 8.41. The Bertz CT molecular complexity index is 416. The minimum absolute atomic E-state index is 0.727. The third-order valence-corrected chi connectivity index (χ3v) is 3.20. The molecule has 0 saturated carbocycles. The summed E-state index contributed by atoms with van der Waals surface area (Å²) in [5.41, 5.74) is 0.954. The third kappa shape index (κ3) is 1.87. The van der Waals surface area contributed by atoms with Gasteiger partial charge >= 0.3 is 0 Å². The highest BCUT2D eigenvalue weighted by atomic mass is 32.1. The lowest BCUT2D eigenvalue weighted by atomic mass is 10.3. The summed E-state index contributed by atoms with van der Waals surface area (Å²) in [6.45, 7) is 4.06. The molecule has 0 amide bonds. The third-order valence-electron chi connectivity index (χ3n) is 2.03. The van der Waals surface area contributed by atoms with Gasteiger partial charge in [-0.05, 0) is 18.6 Å². The first-order valence-electron chi connectivity index (χ1n) is 4.81. The molecule has 0 spiro atoms. The summed E-state index contributed by atoms with van der Waals surface area (Å²) in [5.74, 6) is 0.727. The van der Waals surface area contributed by atoms with Crippen molar-refractivity contribution >= 4 is 11.3 Å². The van der Waals surface area contributed by atoms with Gasteiger partial charge in [0, 0.05) is 11.8 Å². The molecule has 0 aliphatic heterocycles. The van der Waals surface area contributed by atoms with E-state index in [0.29, 0.717) is 0 Å². The van der Waals surface area contributed by atoms with Crippen molar-refractivity contribution in [2.24, 2.45) is 0 Å². The first-order valence-corrected chi connectivity index (χ1v) is 5.62. The fraction of sp³-hybridized carbons (Fsp3) is 0.364. The van der Waals surface area contributed by atoms with E-state index in [1.165, 1.54) is 16.2 Å². The monoisotopic (exact) mass is 207 g/mol. The average molecular weight is 207 g/mol. The van der Waals surface area contributed by atoms with Gasteiger partial charge in [0.15, 0.2) is 5.89 Å². The second-order valence-electron chi connectivity index (χ2n) is 3.27. The van der Waals surface area contributed by atoms with E-state index in [-0.39, 0.29) is 0 Å². The van der Waals surface area contributed by atoms with E-state index in [1.54, 1.807) is 17.6 Å². The van der Waals surface area contributed by atoms with Crippen LogP contribution in [-0.4, -0.2) is 4.98 Å². The minimum Gasteiger partial charge on any atom is -0.449 e. The van der Waals surface area contributed by atoms with Gasteiger partial charge in [-0.25, -0.2) is 4.98 Å². The molecule has 14 heavy (non-hydrogen) atoms. The van der Waals surface area contributed by atoms with Gasteiger partial charge in [-0.3, -0.25) is 0 Å². The molecule has 0 radical (unpaired) electrons. The molecule has 0 fully saturated rings. The van der Waals surface area contributed by atoms with Crippen molar-refractivity contribution in [3.05, 3.63) is 29.2 Å². The van der Waals surface area contributed by atoms with Crippen LogP contribution in [-0.2, 0) is 6.42 Å². The molecule has 2 rings (SSSR count). The van der Waals surface area contributed by atoms with E-state index in [0.717, 1.165) is 18.0 Å². The molecule has 0 N–H and O–H groups in total. The lowest BCUT2D eigenvalue weighted by Crippen LogP contribution is -1.73. The summed E-state index contributed by atoms with van der Waals surface area (Å²) in [6.07, 6.45) is 4.07. The molecule has 0 unspecified atom stereocenters. The average Bonchev–Trinajstić information content (AvgIpc) is 2.74. The highest BCUT2D eigenvalue weighted by Crippen LogP contribution is 2.27. The van der Waals surface area contributed by atoms with Gasteiger partial charge in [0.25, 0.3) is 0 Å². The molecule has 0 atom stereocenters. The van der Waals surface area contributed by atoms with Gasteiger partial charge in [0.2, 0.25) is 0 Å². The lowest BCUT2D eigenvalue weighted by Gasteiger charge is -1.89. The molecule has 2 aromatic heterocycles. The molecule has 0 saturated heterocycles. The number of thiophene rings is 1. The Hall–Kier alpha value is -1.09. The van der Waals surface area contributed by atoms with Crippen molar-refractivity contribution in [3.8, 4) is 10.6 Å². The standard InChI is InChI=1S/C11H13NOS/c1-3-4-9-5-6-11(14-9)10-7-13-8(2)12-10/h5-7H,3-4H2,1-2H3. The minimum atomic E-state index is 0.727. The highest BCUT2D eigenvalue weighted by Gasteiger charge is 2.06. The number of rotatable bonds is 3. The fourth-order valence-electron chi connectivity index (χ4n) is 1.37. The van der Waals surface area contributed by atoms with Crippen LogP contribution >= 0.6 is 11.3 Å². The first-order chi connectivity index (χ1) is 6.79. The van der Waals surface area contributed by atoms with E-state index in [9.17, 15) is 0 Å². The molecule has 0 aromatic carbocycles. The Labute approximate surface area is 87.6 Å². The van der Waals surface area contributed by atoms with Crippen LogP contribution in [0.4, 0.5) is 0 Å². The van der Waals surface area contributed by atoms with Gasteiger partial charge in [-0.15, -0.1) is 11.3 Å². The van der Waals surface area contributed by atoms with Crippen LogP contribution in [0.3, 0.4) is 0 Å².